The third kappa shape index (κ3) is 8.26. The Labute approximate surface area is 358 Å². The fourth-order valence-electron chi connectivity index (χ4n) is 12.5. The van der Waals surface area contributed by atoms with Crippen molar-refractivity contribution in [3.63, 3.8) is 0 Å². The number of carbonyl (C=O) groups excluding carboxylic acids is 2. The van der Waals surface area contributed by atoms with Crippen molar-refractivity contribution in [3.8, 4) is 0 Å². The highest BCUT2D eigenvalue weighted by molar-refractivity contribution is 5.83. The van der Waals surface area contributed by atoms with Crippen LogP contribution in [0.3, 0.4) is 0 Å². The highest BCUT2D eigenvalue weighted by Crippen LogP contribution is 2.74. The quantitative estimate of drug-likeness (QED) is 0.0653. The first-order chi connectivity index (χ1) is 28.2. The molecule has 8 aliphatic heterocycles. The Kier molecular flexibility index (Phi) is 10.8. The topological polar surface area (TPSA) is 153 Å². The van der Waals surface area contributed by atoms with E-state index in [1.165, 1.54) is 0 Å². The average Bonchev–Trinajstić information content (AvgIpc) is 3.95. The molecule has 0 aromatic carbocycles. The number of carbonyl (C=O) groups is 2. The largest absolute Gasteiger partial charge is 0.466 e. The smallest absolute Gasteiger partial charge is 0.309 e. The fourth-order valence-corrected chi connectivity index (χ4v) is 12.5. The van der Waals surface area contributed by atoms with Gasteiger partial charge >= 0.3 is 11.9 Å². The second kappa shape index (κ2) is 14.8. The molecule has 0 aromatic rings. The lowest BCUT2D eigenvalue weighted by atomic mass is 9.54. The number of hydrogen-bond acceptors (Lipinski definition) is 12. The van der Waals surface area contributed by atoms with Gasteiger partial charge in [0.25, 0.3) is 0 Å². The van der Waals surface area contributed by atoms with Gasteiger partial charge in [0.05, 0.1) is 114 Å². The number of ether oxygens (including phenoxy) is 10. The minimum Gasteiger partial charge on any atom is -0.466 e. The fraction of sp³-hybridized carbons (Fsp3) is 0.958. The number of esters is 2. The lowest BCUT2D eigenvalue weighted by Crippen LogP contribution is -2.55. The summed E-state index contributed by atoms with van der Waals surface area (Å²) in [5.41, 5.74) is -2.38. The van der Waals surface area contributed by atoms with Crippen molar-refractivity contribution in [2.45, 2.75) is 247 Å². The molecule has 0 amide bonds. The Morgan fingerprint density at radius 3 is 1.53 bits per heavy atom. The lowest BCUT2D eigenvalue weighted by molar-refractivity contribution is -0.164. The van der Waals surface area contributed by atoms with E-state index in [1.807, 2.05) is 13.8 Å². The van der Waals surface area contributed by atoms with Crippen LogP contribution in [-0.2, 0) is 57.0 Å². The van der Waals surface area contributed by atoms with Gasteiger partial charge in [-0.05, 0) is 166 Å². The number of rotatable bonds is 25. The van der Waals surface area contributed by atoms with E-state index in [2.05, 4.69) is 55.4 Å². The van der Waals surface area contributed by atoms with E-state index < -0.39 is 28.5 Å². The minimum absolute atomic E-state index is 0.0203. The highest BCUT2D eigenvalue weighted by Gasteiger charge is 2.83. The average molecular weight is 845 g/mol. The number of epoxide rings is 8. The Bertz CT molecular complexity index is 1650. The molecular formula is C48H76O12. The van der Waals surface area contributed by atoms with Crippen LogP contribution < -0.4 is 0 Å². The molecule has 9 aliphatic rings. The molecule has 8 heterocycles. The van der Waals surface area contributed by atoms with Crippen molar-refractivity contribution < 1.29 is 57.0 Å². The summed E-state index contributed by atoms with van der Waals surface area (Å²) >= 11 is 0. The third-order valence-corrected chi connectivity index (χ3v) is 17.2. The molecular weight excluding hydrogens is 769 g/mol. The van der Waals surface area contributed by atoms with Crippen molar-refractivity contribution in [1.82, 2.24) is 0 Å². The molecule has 0 aromatic heterocycles. The summed E-state index contributed by atoms with van der Waals surface area (Å²) in [4.78, 5) is 27.9. The van der Waals surface area contributed by atoms with Crippen LogP contribution in [0, 0.1) is 17.3 Å². The van der Waals surface area contributed by atoms with Gasteiger partial charge in [-0.3, -0.25) is 9.59 Å². The molecule has 1 saturated carbocycles. The zero-order valence-electron chi connectivity index (χ0n) is 38.5. The molecule has 12 nitrogen and oxygen atoms in total. The maximum absolute atomic E-state index is 14.0. The molecule has 60 heavy (non-hydrogen) atoms. The van der Waals surface area contributed by atoms with E-state index in [-0.39, 0.29) is 89.3 Å². The van der Waals surface area contributed by atoms with Crippen molar-refractivity contribution in [1.29, 1.82) is 0 Å². The van der Waals surface area contributed by atoms with Crippen LogP contribution in [0.4, 0.5) is 0 Å². The summed E-state index contributed by atoms with van der Waals surface area (Å²) in [6.07, 6.45) is 13.8. The molecule has 0 N–H and O–H groups in total. The van der Waals surface area contributed by atoms with Crippen molar-refractivity contribution >= 4 is 11.9 Å². The molecule has 1 aliphatic carbocycles. The van der Waals surface area contributed by atoms with Crippen molar-refractivity contribution in [2.75, 3.05) is 26.4 Å². The molecule has 0 bridgehead atoms. The summed E-state index contributed by atoms with van der Waals surface area (Å²) in [6, 6.07) is 0. The summed E-state index contributed by atoms with van der Waals surface area (Å²) in [5.74, 6) is -2.01. The number of fused-ring (bicyclic) bond motifs is 1. The monoisotopic (exact) mass is 845 g/mol. The Morgan fingerprint density at radius 1 is 0.600 bits per heavy atom. The van der Waals surface area contributed by atoms with E-state index in [1.54, 1.807) is 0 Å². The third-order valence-electron chi connectivity index (χ3n) is 17.2. The maximum Gasteiger partial charge on any atom is 0.309 e. The highest BCUT2D eigenvalue weighted by atomic mass is 16.7. The first kappa shape index (κ1) is 43.9. The summed E-state index contributed by atoms with van der Waals surface area (Å²) in [6.45, 7) is 23.0. The number of hydrogen-bond donors (Lipinski definition) is 0. The molecule has 8 saturated heterocycles. The zero-order valence-corrected chi connectivity index (χ0v) is 38.5. The van der Waals surface area contributed by atoms with Gasteiger partial charge in [0, 0.05) is 5.41 Å². The minimum atomic E-state index is -0.695. The van der Waals surface area contributed by atoms with Crippen LogP contribution in [0.15, 0.2) is 0 Å². The van der Waals surface area contributed by atoms with Crippen LogP contribution in [0.2, 0.25) is 0 Å². The van der Waals surface area contributed by atoms with Gasteiger partial charge in [-0.2, -0.15) is 0 Å². The van der Waals surface area contributed by atoms with Gasteiger partial charge in [-0.15, -0.1) is 0 Å². The first-order valence-corrected chi connectivity index (χ1v) is 23.9. The van der Waals surface area contributed by atoms with Gasteiger partial charge in [-0.1, -0.05) is 0 Å². The summed E-state index contributed by atoms with van der Waals surface area (Å²) in [5, 5.41) is 0. The van der Waals surface area contributed by atoms with Crippen LogP contribution in [-0.4, -0.2) is 120 Å². The van der Waals surface area contributed by atoms with Gasteiger partial charge in [-0.25, -0.2) is 0 Å². The maximum atomic E-state index is 14.0. The summed E-state index contributed by atoms with van der Waals surface area (Å²) < 4.78 is 62.4. The molecule has 14 unspecified atom stereocenters. The van der Waals surface area contributed by atoms with Crippen LogP contribution in [0.1, 0.15) is 166 Å². The van der Waals surface area contributed by atoms with Crippen LogP contribution in [0.5, 0.6) is 0 Å². The normalized spacial score (nSPS) is 46.0. The summed E-state index contributed by atoms with van der Waals surface area (Å²) in [7, 11) is 0. The van der Waals surface area contributed by atoms with E-state index >= 15 is 0 Å². The Balaban J connectivity index is 0.981. The van der Waals surface area contributed by atoms with E-state index in [9.17, 15) is 9.59 Å². The van der Waals surface area contributed by atoms with E-state index in [0.29, 0.717) is 25.6 Å². The molecule has 9 rings (SSSR count). The standard InChI is InChI=1S/C48H76O12/c1-11-51-38(49)30-26-47(25-18-36-44(10,59-36)22-15-33-41(5,6)56-33)48(60-47,27-31(30)39(50)52-12-2)46(37-28-53-37,20-13-19-45(29-54-45)23-16-34-42(7,8)57-34)24-17-35-43(9,58-35)21-14-32-40(3,4)55-32/h30-37H,11-29H2,1-10H3. The molecule has 340 valence electrons. The zero-order chi connectivity index (χ0) is 42.8. The van der Waals surface area contributed by atoms with E-state index in [4.69, 9.17) is 47.4 Å². The molecule has 9 fully saturated rings. The van der Waals surface area contributed by atoms with E-state index in [0.717, 1.165) is 90.1 Å². The van der Waals surface area contributed by atoms with Gasteiger partial charge in [0.15, 0.2) is 0 Å². The molecule has 12 heteroatoms. The Morgan fingerprint density at radius 2 is 1.07 bits per heavy atom. The first-order valence-electron chi connectivity index (χ1n) is 23.9. The second-order valence-corrected chi connectivity index (χ2v) is 22.5. The lowest BCUT2D eigenvalue weighted by Gasteiger charge is -2.46. The second-order valence-electron chi connectivity index (χ2n) is 22.5. The van der Waals surface area contributed by atoms with Crippen molar-refractivity contribution in [2.24, 2.45) is 17.3 Å². The van der Waals surface area contributed by atoms with Gasteiger partial charge in [0.2, 0.25) is 0 Å². The van der Waals surface area contributed by atoms with Crippen LogP contribution in [0.25, 0.3) is 0 Å². The molecule has 0 radical (unpaired) electrons. The van der Waals surface area contributed by atoms with Crippen LogP contribution >= 0.6 is 0 Å². The molecule has 14 atom stereocenters. The van der Waals surface area contributed by atoms with Gasteiger partial charge in [0.1, 0.15) is 5.60 Å². The predicted molar refractivity (Wildman–Crippen MR) is 220 cm³/mol. The predicted octanol–water partition coefficient (Wildman–Crippen LogP) is 7.72. The SMILES string of the molecule is CCOC(=O)C1CC2(CCC3OC3(C)CCC3OC3(C)C)OC2(C(CCCC2(CCC3OC3(C)C)CO2)(CCC2OC2(C)CCC2OC2(C)C)C2CO2)CC1C(=O)OCC. The molecule has 0 spiro atoms. The van der Waals surface area contributed by atoms with Gasteiger partial charge < -0.3 is 47.4 Å². The van der Waals surface area contributed by atoms with Crippen molar-refractivity contribution in [3.05, 3.63) is 0 Å². The Hall–Kier alpha value is -1.38.